The average molecular weight is 426 g/mol. The summed E-state index contributed by atoms with van der Waals surface area (Å²) in [5.74, 6) is -3.74. The van der Waals surface area contributed by atoms with Crippen LogP contribution in [0.3, 0.4) is 0 Å². The Morgan fingerprint density at radius 1 is 1.07 bits per heavy atom. The Labute approximate surface area is 168 Å². The molecule has 3 rings (SSSR count). The van der Waals surface area contributed by atoms with Crippen LogP contribution >= 0.6 is 11.8 Å². The number of benzene rings is 2. The van der Waals surface area contributed by atoms with E-state index in [4.69, 9.17) is 5.73 Å². The van der Waals surface area contributed by atoms with E-state index in [-0.39, 0.29) is 16.8 Å². The van der Waals surface area contributed by atoms with Crippen molar-refractivity contribution in [3.63, 3.8) is 0 Å². The summed E-state index contributed by atoms with van der Waals surface area (Å²) >= 11 is 1.34. The van der Waals surface area contributed by atoms with E-state index in [1.54, 1.807) is 25.1 Å². The number of nitrogens with two attached hydrogens (primary N) is 1. The second kappa shape index (κ2) is 7.81. The van der Waals surface area contributed by atoms with Crippen molar-refractivity contribution in [3.05, 3.63) is 70.7 Å². The highest BCUT2D eigenvalue weighted by molar-refractivity contribution is 7.97. The van der Waals surface area contributed by atoms with Crippen molar-refractivity contribution < 1.29 is 27.8 Å². The third-order valence-corrected chi connectivity index (χ3v) is 5.58. The molecular weight excluding hydrogens is 408 g/mol. The van der Waals surface area contributed by atoms with Crippen LogP contribution in [0.1, 0.15) is 22.4 Å². The van der Waals surface area contributed by atoms with Crippen LogP contribution in [0.25, 0.3) is 10.9 Å². The topological polar surface area (TPSA) is 79.4 Å². The molecule has 1 heterocycles. The number of nitrogen functional groups attached to an aromatic ring is 1. The van der Waals surface area contributed by atoms with Crippen LogP contribution in [0.5, 0.6) is 0 Å². The van der Waals surface area contributed by atoms with Gasteiger partial charge in [0.05, 0.1) is 10.9 Å². The number of thioether (sulfide) groups is 1. The van der Waals surface area contributed by atoms with E-state index in [2.05, 4.69) is 4.98 Å². The van der Waals surface area contributed by atoms with E-state index >= 15 is 0 Å². The molecule has 0 atom stereocenters. The summed E-state index contributed by atoms with van der Waals surface area (Å²) in [7, 11) is 0. The molecular formula is C20H18F4N2O2S. The number of hydrogen-bond acceptors (Lipinski definition) is 5. The predicted octanol–water partition coefficient (Wildman–Crippen LogP) is 4.40. The van der Waals surface area contributed by atoms with Gasteiger partial charge in [-0.05, 0) is 30.7 Å². The van der Waals surface area contributed by atoms with Crippen molar-refractivity contribution in [1.29, 1.82) is 0 Å². The van der Waals surface area contributed by atoms with E-state index in [0.29, 0.717) is 28.1 Å². The molecule has 3 aromatic rings. The van der Waals surface area contributed by atoms with Crippen LogP contribution in [-0.2, 0) is 17.3 Å². The van der Waals surface area contributed by atoms with Crippen molar-refractivity contribution in [1.82, 2.24) is 4.98 Å². The first-order valence-electron chi connectivity index (χ1n) is 8.54. The largest absolute Gasteiger partial charge is 0.447 e. The summed E-state index contributed by atoms with van der Waals surface area (Å²) in [4.78, 5) is 4.37. The molecule has 0 spiro atoms. The van der Waals surface area contributed by atoms with Crippen LogP contribution in [0, 0.1) is 12.7 Å². The van der Waals surface area contributed by atoms with E-state index in [1.807, 2.05) is 0 Å². The second-order valence-electron chi connectivity index (χ2n) is 6.59. The lowest BCUT2D eigenvalue weighted by Gasteiger charge is -2.25. The number of hydrogen-bond donors (Lipinski definition) is 3. The molecule has 0 aliphatic carbocycles. The summed E-state index contributed by atoms with van der Waals surface area (Å²) in [5, 5.41) is 19.1. The zero-order valence-corrected chi connectivity index (χ0v) is 16.1. The monoisotopic (exact) mass is 426 g/mol. The average Bonchev–Trinajstić information content (AvgIpc) is 2.63. The number of fused-ring (bicyclic) bond motifs is 1. The summed E-state index contributed by atoms with van der Waals surface area (Å²) in [6.07, 6.45) is -5.22. The number of aryl methyl sites for hydroxylation is 1. The fraction of sp³-hybridized carbons (Fsp3) is 0.250. The summed E-state index contributed by atoms with van der Waals surface area (Å²) in [6, 6.07) is 9.51. The van der Waals surface area contributed by atoms with Gasteiger partial charge in [0.2, 0.25) is 0 Å². The zero-order valence-electron chi connectivity index (χ0n) is 15.3. The van der Waals surface area contributed by atoms with Gasteiger partial charge in [0.25, 0.3) is 5.79 Å². The third kappa shape index (κ3) is 4.17. The zero-order chi connectivity index (χ0) is 21.4. The Bertz CT molecular complexity index is 1050. The molecule has 0 radical (unpaired) electrons. The van der Waals surface area contributed by atoms with Gasteiger partial charge in [-0.3, -0.25) is 4.98 Å². The van der Waals surface area contributed by atoms with E-state index in [0.717, 1.165) is 12.1 Å². The molecule has 4 N–H and O–H groups in total. The maximum absolute atomic E-state index is 14.1. The molecule has 0 saturated heterocycles. The Balaban J connectivity index is 1.79. The van der Waals surface area contributed by atoms with Gasteiger partial charge in [-0.2, -0.15) is 24.9 Å². The molecule has 154 valence electrons. The highest BCUT2D eigenvalue weighted by Gasteiger charge is 2.54. The molecule has 0 fully saturated rings. The van der Waals surface area contributed by atoms with Crippen LogP contribution in [0.2, 0.25) is 0 Å². The Morgan fingerprint density at radius 2 is 1.76 bits per heavy atom. The maximum Gasteiger partial charge on any atom is 0.447 e. The number of rotatable bonds is 5. The van der Waals surface area contributed by atoms with Crippen LogP contribution in [0.15, 0.2) is 42.5 Å². The lowest BCUT2D eigenvalue weighted by atomic mass is 10.0. The molecule has 29 heavy (non-hydrogen) atoms. The van der Waals surface area contributed by atoms with Gasteiger partial charge in [-0.25, -0.2) is 4.39 Å². The van der Waals surface area contributed by atoms with Gasteiger partial charge in [-0.15, -0.1) is 0 Å². The lowest BCUT2D eigenvalue weighted by molar-refractivity contribution is -0.358. The number of nitrogens with zero attached hydrogens (tertiary/aromatic N) is 1. The van der Waals surface area contributed by atoms with Gasteiger partial charge >= 0.3 is 6.18 Å². The number of aromatic nitrogens is 1. The Hall–Kier alpha value is -2.36. The minimum Gasteiger partial charge on any atom is -0.398 e. The highest BCUT2D eigenvalue weighted by atomic mass is 32.2. The van der Waals surface area contributed by atoms with Crippen molar-refractivity contribution in [2.45, 2.75) is 30.4 Å². The van der Waals surface area contributed by atoms with Crippen LogP contribution in [0.4, 0.5) is 23.2 Å². The van der Waals surface area contributed by atoms with Crippen LogP contribution in [-0.4, -0.2) is 21.4 Å². The second-order valence-corrected chi connectivity index (χ2v) is 7.57. The summed E-state index contributed by atoms with van der Waals surface area (Å²) in [5.41, 5.74) is 7.99. The Kier molecular flexibility index (Phi) is 5.75. The number of pyridine rings is 1. The van der Waals surface area contributed by atoms with E-state index < -0.39 is 23.3 Å². The van der Waals surface area contributed by atoms with Crippen LogP contribution < -0.4 is 5.73 Å². The van der Waals surface area contributed by atoms with Gasteiger partial charge < -0.3 is 15.9 Å². The number of anilines is 1. The third-order valence-electron chi connectivity index (χ3n) is 4.55. The molecule has 0 aliphatic heterocycles. The highest BCUT2D eigenvalue weighted by Crippen LogP contribution is 2.37. The normalized spacial score (nSPS) is 12.5. The molecule has 0 unspecified atom stereocenters. The van der Waals surface area contributed by atoms with Crippen molar-refractivity contribution in [3.8, 4) is 0 Å². The summed E-state index contributed by atoms with van der Waals surface area (Å²) < 4.78 is 52.6. The van der Waals surface area contributed by atoms with Gasteiger partial charge in [0.1, 0.15) is 5.82 Å². The predicted molar refractivity (Wildman–Crippen MR) is 104 cm³/mol. The van der Waals surface area contributed by atoms with Gasteiger partial charge in [-0.1, -0.05) is 24.3 Å². The summed E-state index contributed by atoms with van der Waals surface area (Å²) in [6.45, 7) is 1.76. The fourth-order valence-electron chi connectivity index (χ4n) is 2.96. The minimum atomic E-state index is -5.22. The first-order chi connectivity index (χ1) is 13.5. The maximum atomic E-state index is 14.1. The molecule has 4 nitrogen and oxygen atoms in total. The first kappa shape index (κ1) is 21.4. The molecule has 0 bridgehead atoms. The number of halogens is 4. The van der Waals surface area contributed by atoms with Gasteiger partial charge in [0.15, 0.2) is 0 Å². The van der Waals surface area contributed by atoms with Crippen molar-refractivity contribution in [2.75, 3.05) is 5.73 Å². The first-order valence-corrected chi connectivity index (χ1v) is 9.69. The number of aliphatic hydroxyl groups is 2. The van der Waals surface area contributed by atoms with Gasteiger partial charge in [0, 0.05) is 34.0 Å². The SMILES string of the molecule is Cc1nc2cccc(F)c2c(N)c1CSCc1cccc(C(O)(O)C(F)(F)F)c1. The minimum absolute atomic E-state index is 0.242. The molecule has 0 saturated carbocycles. The van der Waals surface area contributed by atoms with E-state index in [1.165, 1.54) is 23.9 Å². The number of alkyl halides is 3. The molecule has 0 amide bonds. The van der Waals surface area contributed by atoms with E-state index in [9.17, 15) is 27.8 Å². The smallest absolute Gasteiger partial charge is 0.398 e. The van der Waals surface area contributed by atoms with Crippen molar-refractivity contribution >= 4 is 28.4 Å². The molecule has 1 aromatic heterocycles. The van der Waals surface area contributed by atoms with Crippen molar-refractivity contribution in [2.24, 2.45) is 0 Å². The molecule has 0 aliphatic rings. The standard InChI is InChI=1S/C20H18F4N2O2S/c1-11-14(18(25)17-15(21)6-3-7-16(17)26-11)10-29-9-12-4-2-5-13(8-12)19(27,28)20(22,23)24/h2-8,27-28H,9-10H2,1H3,(H2,25,26). The quantitative estimate of drug-likeness (QED) is 0.416. The Morgan fingerprint density at radius 3 is 2.45 bits per heavy atom. The fourth-order valence-corrected chi connectivity index (χ4v) is 4.05. The molecule has 9 heteroatoms. The lowest BCUT2D eigenvalue weighted by Crippen LogP contribution is -2.42. The molecule has 2 aromatic carbocycles.